The number of esters is 1. The summed E-state index contributed by atoms with van der Waals surface area (Å²) in [4.78, 5) is 11.6. The summed E-state index contributed by atoms with van der Waals surface area (Å²) < 4.78 is 15.2. The number of anilines is 1. The number of rotatable bonds is 5. The molecule has 0 aromatic heterocycles. The number of hydrogen-bond donors (Lipinski definition) is 1. The van der Waals surface area contributed by atoms with E-state index in [9.17, 15) is 4.79 Å². The van der Waals surface area contributed by atoms with Gasteiger partial charge in [-0.25, -0.2) is 4.79 Å². The SMILES string of the molecule is COC(=O)c1cc(NCC2CCO2)ccc1OC. The molecule has 5 nitrogen and oxygen atoms in total. The van der Waals surface area contributed by atoms with E-state index in [0.29, 0.717) is 11.3 Å². The molecule has 1 N–H and O–H groups in total. The highest BCUT2D eigenvalue weighted by Crippen LogP contribution is 2.24. The van der Waals surface area contributed by atoms with Gasteiger partial charge in [0.2, 0.25) is 0 Å². The summed E-state index contributed by atoms with van der Waals surface area (Å²) in [5, 5.41) is 3.23. The predicted octanol–water partition coefficient (Wildman–Crippen LogP) is 1.68. The average Bonchev–Trinajstić information content (AvgIpc) is 2.35. The average molecular weight is 251 g/mol. The summed E-state index contributed by atoms with van der Waals surface area (Å²) in [6.45, 7) is 1.58. The van der Waals surface area contributed by atoms with E-state index < -0.39 is 5.97 Å². The van der Waals surface area contributed by atoms with E-state index in [1.807, 2.05) is 6.07 Å². The van der Waals surface area contributed by atoms with Crippen molar-refractivity contribution >= 4 is 11.7 Å². The molecule has 0 amide bonds. The molecule has 1 unspecified atom stereocenters. The van der Waals surface area contributed by atoms with Gasteiger partial charge in [-0.15, -0.1) is 0 Å². The van der Waals surface area contributed by atoms with Gasteiger partial charge in [0, 0.05) is 18.8 Å². The first kappa shape index (κ1) is 12.7. The van der Waals surface area contributed by atoms with Gasteiger partial charge in [0.25, 0.3) is 0 Å². The molecule has 1 atom stereocenters. The molecule has 0 spiro atoms. The maximum absolute atomic E-state index is 11.6. The van der Waals surface area contributed by atoms with Crippen molar-refractivity contribution in [1.82, 2.24) is 0 Å². The fraction of sp³-hybridized carbons (Fsp3) is 0.462. The Bertz CT molecular complexity index is 429. The zero-order valence-corrected chi connectivity index (χ0v) is 10.6. The zero-order valence-electron chi connectivity index (χ0n) is 10.6. The molecule has 18 heavy (non-hydrogen) atoms. The fourth-order valence-electron chi connectivity index (χ4n) is 1.76. The van der Waals surface area contributed by atoms with Gasteiger partial charge in [0.1, 0.15) is 11.3 Å². The molecule has 1 aliphatic heterocycles. The molecular weight excluding hydrogens is 234 g/mol. The first-order chi connectivity index (χ1) is 8.74. The van der Waals surface area contributed by atoms with Crippen LogP contribution in [0, 0.1) is 0 Å². The van der Waals surface area contributed by atoms with Crippen molar-refractivity contribution in [2.45, 2.75) is 12.5 Å². The smallest absolute Gasteiger partial charge is 0.341 e. The highest BCUT2D eigenvalue weighted by molar-refractivity contribution is 5.93. The molecule has 1 aromatic carbocycles. The van der Waals surface area contributed by atoms with Crippen molar-refractivity contribution in [1.29, 1.82) is 0 Å². The number of carbonyl (C=O) groups is 1. The lowest BCUT2D eigenvalue weighted by atomic mass is 10.1. The summed E-state index contributed by atoms with van der Waals surface area (Å²) in [5.74, 6) is 0.0997. The number of ether oxygens (including phenoxy) is 3. The molecule has 1 saturated heterocycles. The number of hydrogen-bond acceptors (Lipinski definition) is 5. The summed E-state index contributed by atoms with van der Waals surface area (Å²) >= 11 is 0. The molecule has 0 saturated carbocycles. The lowest BCUT2D eigenvalue weighted by molar-refractivity contribution is -0.0410. The van der Waals surface area contributed by atoms with E-state index in [1.165, 1.54) is 14.2 Å². The third-order valence-electron chi connectivity index (χ3n) is 2.93. The maximum atomic E-state index is 11.6. The van der Waals surface area contributed by atoms with Crippen LogP contribution in [0.2, 0.25) is 0 Å². The van der Waals surface area contributed by atoms with Crippen molar-refractivity contribution in [2.75, 3.05) is 32.7 Å². The van der Waals surface area contributed by atoms with Crippen molar-refractivity contribution < 1.29 is 19.0 Å². The molecule has 0 bridgehead atoms. The Hall–Kier alpha value is -1.75. The Morgan fingerprint density at radius 2 is 2.28 bits per heavy atom. The Kier molecular flexibility index (Phi) is 4.04. The zero-order chi connectivity index (χ0) is 13.0. The highest BCUT2D eigenvalue weighted by atomic mass is 16.5. The number of methoxy groups -OCH3 is 2. The topological polar surface area (TPSA) is 56.8 Å². The maximum Gasteiger partial charge on any atom is 0.341 e. The molecular formula is C13H17NO4. The minimum atomic E-state index is -0.407. The highest BCUT2D eigenvalue weighted by Gasteiger charge is 2.18. The molecule has 1 heterocycles. The molecule has 1 aliphatic rings. The van der Waals surface area contributed by atoms with Crippen LogP contribution in [-0.4, -0.2) is 39.4 Å². The minimum Gasteiger partial charge on any atom is -0.496 e. The van der Waals surface area contributed by atoms with Crippen LogP contribution in [0.4, 0.5) is 5.69 Å². The third kappa shape index (κ3) is 2.73. The molecule has 5 heteroatoms. The van der Waals surface area contributed by atoms with Crippen LogP contribution in [-0.2, 0) is 9.47 Å². The Labute approximate surface area is 106 Å². The van der Waals surface area contributed by atoms with E-state index >= 15 is 0 Å². The van der Waals surface area contributed by atoms with Gasteiger partial charge >= 0.3 is 5.97 Å². The molecule has 2 rings (SSSR count). The van der Waals surface area contributed by atoms with Crippen LogP contribution in [0.5, 0.6) is 5.75 Å². The second kappa shape index (κ2) is 5.73. The number of nitrogens with one attached hydrogen (secondary N) is 1. The van der Waals surface area contributed by atoms with Crippen LogP contribution in [0.3, 0.4) is 0 Å². The number of carbonyl (C=O) groups excluding carboxylic acids is 1. The monoisotopic (exact) mass is 251 g/mol. The Balaban J connectivity index is 2.08. The standard InChI is InChI=1S/C13H17NO4/c1-16-12-4-3-9(7-11(12)13(15)17-2)14-8-10-5-6-18-10/h3-4,7,10,14H,5-6,8H2,1-2H3. The largest absolute Gasteiger partial charge is 0.496 e. The third-order valence-corrected chi connectivity index (χ3v) is 2.93. The van der Waals surface area contributed by atoms with Crippen LogP contribution >= 0.6 is 0 Å². The lowest BCUT2D eigenvalue weighted by Gasteiger charge is -2.27. The molecule has 98 valence electrons. The van der Waals surface area contributed by atoms with E-state index in [0.717, 1.165) is 25.3 Å². The quantitative estimate of drug-likeness (QED) is 0.807. The second-order valence-electron chi connectivity index (χ2n) is 4.07. The van der Waals surface area contributed by atoms with Crippen molar-refractivity contribution in [3.8, 4) is 5.75 Å². The Morgan fingerprint density at radius 3 is 2.83 bits per heavy atom. The van der Waals surface area contributed by atoms with Crippen molar-refractivity contribution in [2.24, 2.45) is 0 Å². The number of benzene rings is 1. The van der Waals surface area contributed by atoms with Gasteiger partial charge in [-0.05, 0) is 24.6 Å². The van der Waals surface area contributed by atoms with Crippen LogP contribution in [0.1, 0.15) is 16.8 Å². The molecule has 0 aliphatic carbocycles. The van der Waals surface area contributed by atoms with E-state index in [1.54, 1.807) is 12.1 Å². The van der Waals surface area contributed by atoms with Gasteiger partial charge in [-0.3, -0.25) is 0 Å². The fourth-order valence-corrected chi connectivity index (χ4v) is 1.76. The van der Waals surface area contributed by atoms with Gasteiger partial charge in [-0.1, -0.05) is 0 Å². The second-order valence-corrected chi connectivity index (χ2v) is 4.07. The van der Waals surface area contributed by atoms with Crippen molar-refractivity contribution in [3.05, 3.63) is 23.8 Å². The first-order valence-corrected chi connectivity index (χ1v) is 5.86. The van der Waals surface area contributed by atoms with Crippen molar-refractivity contribution in [3.63, 3.8) is 0 Å². The van der Waals surface area contributed by atoms with Gasteiger partial charge in [-0.2, -0.15) is 0 Å². The van der Waals surface area contributed by atoms with Gasteiger partial charge < -0.3 is 19.5 Å². The molecule has 1 aromatic rings. The summed E-state index contributed by atoms with van der Waals surface area (Å²) in [6, 6.07) is 5.34. The van der Waals surface area contributed by atoms with Crippen LogP contribution in [0.25, 0.3) is 0 Å². The van der Waals surface area contributed by atoms with Gasteiger partial charge in [0.05, 0.1) is 20.3 Å². The van der Waals surface area contributed by atoms with Crippen LogP contribution in [0.15, 0.2) is 18.2 Å². The predicted molar refractivity (Wildman–Crippen MR) is 67.2 cm³/mol. The summed E-state index contributed by atoms with van der Waals surface area (Å²) in [5.41, 5.74) is 1.27. The lowest BCUT2D eigenvalue weighted by Crippen LogP contribution is -2.33. The summed E-state index contributed by atoms with van der Waals surface area (Å²) in [6.07, 6.45) is 1.35. The van der Waals surface area contributed by atoms with E-state index in [4.69, 9.17) is 14.2 Å². The minimum absolute atomic E-state index is 0.272. The van der Waals surface area contributed by atoms with Gasteiger partial charge in [0.15, 0.2) is 0 Å². The molecule has 1 fully saturated rings. The van der Waals surface area contributed by atoms with Crippen LogP contribution < -0.4 is 10.1 Å². The molecule has 0 radical (unpaired) electrons. The van der Waals surface area contributed by atoms with E-state index in [2.05, 4.69) is 5.32 Å². The Morgan fingerprint density at radius 1 is 1.50 bits per heavy atom. The normalized spacial score (nSPS) is 17.8. The summed E-state index contributed by atoms with van der Waals surface area (Å²) in [7, 11) is 2.88. The first-order valence-electron chi connectivity index (χ1n) is 5.86. The van der Waals surface area contributed by atoms with E-state index in [-0.39, 0.29) is 6.10 Å².